The lowest BCUT2D eigenvalue weighted by molar-refractivity contribution is -0.133. The van der Waals surface area contributed by atoms with Crippen molar-refractivity contribution in [2.75, 3.05) is 30.4 Å². The van der Waals surface area contributed by atoms with Crippen LogP contribution in [0.25, 0.3) is 0 Å². The number of aromatic nitrogens is 2. The third-order valence-electron chi connectivity index (χ3n) is 3.51. The van der Waals surface area contributed by atoms with Crippen LogP contribution in [0.5, 0.6) is 0 Å². The number of ether oxygens (including phenoxy) is 1. The summed E-state index contributed by atoms with van der Waals surface area (Å²) in [6, 6.07) is 0. The van der Waals surface area contributed by atoms with Gasteiger partial charge in [0.25, 0.3) is 0 Å². The quantitative estimate of drug-likeness (QED) is 0.920. The minimum Gasteiger partial charge on any atom is -0.373 e. The Morgan fingerprint density at radius 3 is 2.30 bits per heavy atom. The minimum absolute atomic E-state index is 0.183. The normalized spacial score (nSPS) is 20.8. The van der Waals surface area contributed by atoms with Gasteiger partial charge < -0.3 is 15.0 Å². The lowest BCUT2D eigenvalue weighted by atomic mass is 9.98. The molecule has 0 unspecified atom stereocenters. The third-order valence-corrected chi connectivity index (χ3v) is 3.51. The van der Waals surface area contributed by atoms with E-state index >= 15 is 0 Å². The van der Waals surface area contributed by atoms with Gasteiger partial charge in [-0.05, 0) is 34.1 Å². The van der Waals surface area contributed by atoms with Crippen molar-refractivity contribution in [3.8, 4) is 0 Å². The van der Waals surface area contributed by atoms with Crippen LogP contribution in [0.3, 0.4) is 0 Å². The van der Waals surface area contributed by atoms with Gasteiger partial charge in [0.1, 0.15) is 18.0 Å². The third kappa shape index (κ3) is 3.03. The van der Waals surface area contributed by atoms with E-state index < -0.39 is 0 Å². The molecular formula is C15H26N4O. The van der Waals surface area contributed by atoms with Gasteiger partial charge in [-0.3, -0.25) is 0 Å². The minimum atomic E-state index is -0.183. The molecule has 0 aliphatic carbocycles. The highest BCUT2D eigenvalue weighted by Gasteiger charge is 2.39. The van der Waals surface area contributed by atoms with Gasteiger partial charge in [0, 0.05) is 25.7 Å². The number of morpholine rings is 1. The molecule has 5 heteroatoms. The zero-order chi connectivity index (χ0) is 15.0. The van der Waals surface area contributed by atoms with E-state index in [9.17, 15) is 0 Å². The molecule has 5 nitrogen and oxygen atoms in total. The molecule has 1 aliphatic rings. The van der Waals surface area contributed by atoms with Crippen molar-refractivity contribution in [2.45, 2.75) is 52.2 Å². The lowest BCUT2D eigenvalue weighted by Crippen LogP contribution is -2.57. The first kappa shape index (κ1) is 15.0. The second-order valence-corrected chi connectivity index (χ2v) is 6.61. The fourth-order valence-corrected chi connectivity index (χ4v) is 3.15. The summed E-state index contributed by atoms with van der Waals surface area (Å²) in [6.07, 6.45) is 2.54. The Kier molecular flexibility index (Phi) is 3.91. The molecule has 0 radical (unpaired) electrons. The van der Waals surface area contributed by atoms with Crippen LogP contribution < -0.4 is 10.2 Å². The Bertz CT molecular complexity index is 469. The summed E-state index contributed by atoms with van der Waals surface area (Å²) in [6.45, 7) is 12.3. The number of nitrogens with one attached hydrogen (secondary N) is 1. The van der Waals surface area contributed by atoms with Crippen molar-refractivity contribution in [2.24, 2.45) is 0 Å². The number of hydrogen-bond donors (Lipinski definition) is 1. The Labute approximate surface area is 121 Å². The largest absolute Gasteiger partial charge is 0.373 e. The molecule has 1 saturated heterocycles. The molecule has 0 bridgehead atoms. The van der Waals surface area contributed by atoms with Crippen molar-refractivity contribution in [3.05, 3.63) is 11.9 Å². The summed E-state index contributed by atoms with van der Waals surface area (Å²) in [4.78, 5) is 11.2. The van der Waals surface area contributed by atoms with Crippen LogP contribution in [0.1, 0.15) is 40.2 Å². The molecule has 0 amide bonds. The summed E-state index contributed by atoms with van der Waals surface area (Å²) in [7, 11) is 1.90. The molecule has 0 atom stereocenters. The molecule has 112 valence electrons. The SMILES string of the molecule is CCc1c(NC)ncnc1N1CC(C)(C)OC(C)(C)C1. The standard InChI is InChI=1S/C15H26N4O/c1-7-11-12(16-6)17-10-18-13(11)19-8-14(2,3)20-15(4,5)9-19/h10H,7-9H2,1-6H3,(H,16,17,18). The van der Waals surface area contributed by atoms with E-state index in [-0.39, 0.29) is 11.2 Å². The van der Waals surface area contributed by atoms with Gasteiger partial charge >= 0.3 is 0 Å². The Morgan fingerprint density at radius 1 is 1.20 bits per heavy atom. The summed E-state index contributed by atoms with van der Waals surface area (Å²) >= 11 is 0. The average molecular weight is 278 g/mol. The fraction of sp³-hybridized carbons (Fsp3) is 0.733. The lowest BCUT2D eigenvalue weighted by Gasteiger charge is -2.48. The summed E-state index contributed by atoms with van der Waals surface area (Å²) in [5.74, 6) is 1.94. The van der Waals surface area contributed by atoms with Crippen LogP contribution >= 0.6 is 0 Å². The van der Waals surface area contributed by atoms with Crippen LogP contribution in [0.15, 0.2) is 6.33 Å². The first-order valence-corrected chi connectivity index (χ1v) is 7.25. The number of nitrogens with zero attached hydrogens (tertiary/aromatic N) is 3. The van der Waals surface area contributed by atoms with Gasteiger partial charge in [-0.1, -0.05) is 6.92 Å². The van der Waals surface area contributed by atoms with Gasteiger partial charge in [-0.2, -0.15) is 0 Å². The maximum Gasteiger partial charge on any atom is 0.137 e. The van der Waals surface area contributed by atoms with E-state index in [0.29, 0.717) is 0 Å². The highest BCUT2D eigenvalue weighted by atomic mass is 16.5. The molecule has 1 aliphatic heterocycles. The average Bonchev–Trinajstić information content (AvgIpc) is 2.33. The van der Waals surface area contributed by atoms with Crippen molar-refractivity contribution in [1.29, 1.82) is 0 Å². The topological polar surface area (TPSA) is 50.3 Å². The highest BCUT2D eigenvalue weighted by Crippen LogP contribution is 2.33. The smallest absolute Gasteiger partial charge is 0.137 e. The molecule has 1 aromatic rings. The molecule has 2 rings (SSSR count). The van der Waals surface area contributed by atoms with Gasteiger partial charge in [-0.25, -0.2) is 9.97 Å². The maximum atomic E-state index is 6.14. The van der Waals surface area contributed by atoms with Crippen LogP contribution in [-0.4, -0.2) is 41.3 Å². The van der Waals surface area contributed by atoms with Crippen LogP contribution in [0, 0.1) is 0 Å². The van der Waals surface area contributed by atoms with E-state index in [2.05, 4.69) is 54.8 Å². The van der Waals surface area contributed by atoms with Gasteiger partial charge in [0.2, 0.25) is 0 Å². The van der Waals surface area contributed by atoms with Crippen molar-refractivity contribution >= 4 is 11.6 Å². The molecule has 1 N–H and O–H groups in total. The molecular weight excluding hydrogens is 252 g/mol. The second kappa shape index (κ2) is 5.20. The van der Waals surface area contributed by atoms with E-state index in [1.54, 1.807) is 6.33 Å². The molecule has 2 heterocycles. The molecule has 20 heavy (non-hydrogen) atoms. The zero-order valence-corrected chi connectivity index (χ0v) is 13.4. The molecule has 0 spiro atoms. The van der Waals surface area contributed by atoms with Crippen molar-refractivity contribution < 1.29 is 4.74 Å². The van der Waals surface area contributed by atoms with E-state index in [1.165, 1.54) is 5.56 Å². The van der Waals surface area contributed by atoms with E-state index in [0.717, 1.165) is 31.1 Å². The highest BCUT2D eigenvalue weighted by molar-refractivity contribution is 5.59. The predicted octanol–water partition coefficient (Wildman–Crippen LogP) is 2.47. The maximum absolute atomic E-state index is 6.14. The fourth-order valence-electron chi connectivity index (χ4n) is 3.15. The molecule has 0 aromatic carbocycles. The first-order chi connectivity index (χ1) is 9.28. The Morgan fingerprint density at radius 2 is 1.80 bits per heavy atom. The Hall–Kier alpha value is -1.36. The summed E-state index contributed by atoms with van der Waals surface area (Å²) in [5, 5.41) is 3.16. The zero-order valence-electron chi connectivity index (χ0n) is 13.4. The number of hydrogen-bond acceptors (Lipinski definition) is 5. The van der Waals surface area contributed by atoms with Gasteiger partial charge in [0.05, 0.1) is 11.2 Å². The molecule has 0 saturated carbocycles. The van der Waals surface area contributed by atoms with Crippen LogP contribution in [0.2, 0.25) is 0 Å². The van der Waals surface area contributed by atoms with Gasteiger partial charge in [0.15, 0.2) is 0 Å². The molecule has 1 aromatic heterocycles. The number of rotatable bonds is 3. The summed E-state index contributed by atoms with van der Waals surface area (Å²) in [5.41, 5.74) is 0.804. The van der Waals surface area contributed by atoms with Crippen LogP contribution in [-0.2, 0) is 11.2 Å². The van der Waals surface area contributed by atoms with E-state index in [1.807, 2.05) is 7.05 Å². The van der Waals surface area contributed by atoms with Crippen LogP contribution in [0.4, 0.5) is 11.6 Å². The monoisotopic (exact) mass is 278 g/mol. The van der Waals surface area contributed by atoms with Gasteiger partial charge in [-0.15, -0.1) is 0 Å². The number of anilines is 2. The van der Waals surface area contributed by atoms with Crippen molar-refractivity contribution in [1.82, 2.24) is 9.97 Å². The first-order valence-electron chi connectivity index (χ1n) is 7.25. The summed E-state index contributed by atoms with van der Waals surface area (Å²) < 4.78 is 6.14. The molecule has 1 fully saturated rings. The Balaban J connectivity index is 2.40. The predicted molar refractivity (Wildman–Crippen MR) is 82.4 cm³/mol. The van der Waals surface area contributed by atoms with E-state index in [4.69, 9.17) is 4.74 Å². The second-order valence-electron chi connectivity index (χ2n) is 6.61. The van der Waals surface area contributed by atoms with Crippen molar-refractivity contribution in [3.63, 3.8) is 0 Å².